The molecule has 3 fully saturated rings. The lowest BCUT2D eigenvalue weighted by atomic mass is 9.79. The summed E-state index contributed by atoms with van der Waals surface area (Å²) in [6.45, 7) is 7.33. The van der Waals surface area contributed by atoms with Crippen molar-refractivity contribution in [2.45, 2.75) is 117 Å². The third-order valence-corrected chi connectivity index (χ3v) is 7.63. The highest BCUT2D eigenvalue weighted by atomic mass is 16.7. The first-order valence-electron chi connectivity index (χ1n) is 12.5. The minimum Gasteiger partial charge on any atom is -0.462 e. The number of hydrogen-bond donors (Lipinski definition) is 0. The van der Waals surface area contributed by atoms with Crippen LogP contribution in [0, 0.1) is 23.2 Å². The molecule has 0 aromatic rings. The molecule has 29 heavy (non-hydrogen) atoms. The fourth-order valence-corrected chi connectivity index (χ4v) is 5.49. The maximum Gasteiger partial charge on any atom is 0.316 e. The molecule has 0 bridgehead atoms. The lowest BCUT2D eigenvalue weighted by Crippen LogP contribution is -2.49. The molecule has 0 aromatic heterocycles. The van der Waals surface area contributed by atoms with Crippen molar-refractivity contribution in [1.29, 1.82) is 0 Å². The largest absolute Gasteiger partial charge is 0.462 e. The van der Waals surface area contributed by atoms with E-state index < -0.39 is 5.41 Å². The van der Waals surface area contributed by atoms with Crippen LogP contribution in [-0.2, 0) is 19.0 Å². The Morgan fingerprint density at radius 2 is 1.45 bits per heavy atom. The van der Waals surface area contributed by atoms with Gasteiger partial charge in [-0.2, -0.15) is 0 Å². The normalized spacial score (nSPS) is 38.5. The first kappa shape index (κ1) is 23.1. The van der Waals surface area contributed by atoms with Gasteiger partial charge >= 0.3 is 5.97 Å². The van der Waals surface area contributed by atoms with E-state index in [1.54, 1.807) is 0 Å². The Labute approximate surface area is 178 Å². The Balaban J connectivity index is 1.38. The molecule has 1 saturated heterocycles. The van der Waals surface area contributed by atoms with Crippen molar-refractivity contribution < 1.29 is 19.0 Å². The van der Waals surface area contributed by atoms with E-state index in [1.165, 1.54) is 70.6 Å². The molecular weight excluding hydrogens is 364 g/mol. The van der Waals surface area contributed by atoms with Gasteiger partial charge in [0, 0.05) is 5.92 Å². The number of ether oxygens (including phenoxy) is 3. The number of unbranched alkanes of at least 4 members (excludes halogenated alkanes) is 1. The maximum atomic E-state index is 12.9. The van der Waals surface area contributed by atoms with Gasteiger partial charge in [0.05, 0.1) is 13.2 Å². The monoisotopic (exact) mass is 408 g/mol. The molecule has 0 spiro atoms. The highest BCUT2D eigenvalue weighted by Crippen LogP contribution is 2.38. The summed E-state index contributed by atoms with van der Waals surface area (Å²) in [5.74, 6) is 2.08. The second-order valence-electron chi connectivity index (χ2n) is 10.3. The molecule has 4 heteroatoms. The molecule has 0 radical (unpaired) electrons. The average Bonchev–Trinajstić information content (AvgIpc) is 2.75. The van der Waals surface area contributed by atoms with Crippen LogP contribution in [0.2, 0.25) is 0 Å². The SMILES string of the molecule is CCCC[C@H]1CC[C@H](OC(=O)C2(C)COC([C@H]3CC[C@H](CCC)CC3)OC2)CC1. The van der Waals surface area contributed by atoms with Crippen LogP contribution in [0.5, 0.6) is 0 Å². The third kappa shape index (κ3) is 6.43. The van der Waals surface area contributed by atoms with Gasteiger partial charge in [-0.3, -0.25) is 4.79 Å². The van der Waals surface area contributed by atoms with Gasteiger partial charge in [0.15, 0.2) is 6.29 Å². The van der Waals surface area contributed by atoms with E-state index in [1.807, 2.05) is 6.92 Å². The predicted molar refractivity (Wildman–Crippen MR) is 116 cm³/mol. The minimum atomic E-state index is -0.658. The Hall–Kier alpha value is -0.610. The minimum absolute atomic E-state index is 0.0868. The molecule has 0 amide bonds. The molecule has 1 aliphatic heterocycles. The zero-order chi connectivity index (χ0) is 20.7. The van der Waals surface area contributed by atoms with Crippen molar-refractivity contribution in [3.63, 3.8) is 0 Å². The van der Waals surface area contributed by atoms with Crippen LogP contribution >= 0.6 is 0 Å². The Bertz CT molecular complexity index is 481. The summed E-state index contributed by atoms with van der Waals surface area (Å²) < 4.78 is 18.1. The highest BCUT2D eigenvalue weighted by molar-refractivity contribution is 5.77. The lowest BCUT2D eigenvalue weighted by molar-refractivity contribution is -0.254. The summed E-state index contributed by atoms with van der Waals surface area (Å²) in [7, 11) is 0. The van der Waals surface area contributed by atoms with Crippen LogP contribution in [0.15, 0.2) is 0 Å². The average molecular weight is 409 g/mol. The van der Waals surface area contributed by atoms with Crippen LogP contribution in [0.4, 0.5) is 0 Å². The zero-order valence-electron chi connectivity index (χ0n) is 19.1. The van der Waals surface area contributed by atoms with Crippen molar-refractivity contribution in [2.75, 3.05) is 13.2 Å². The summed E-state index contributed by atoms with van der Waals surface area (Å²) in [6.07, 6.45) is 15.9. The van der Waals surface area contributed by atoms with Gasteiger partial charge in [-0.05, 0) is 70.1 Å². The van der Waals surface area contributed by atoms with E-state index >= 15 is 0 Å². The van der Waals surface area contributed by atoms with Gasteiger partial charge < -0.3 is 14.2 Å². The molecule has 4 nitrogen and oxygen atoms in total. The number of rotatable bonds is 8. The van der Waals surface area contributed by atoms with Gasteiger partial charge in [-0.15, -0.1) is 0 Å². The van der Waals surface area contributed by atoms with Crippen molar-refractivity contribution in [3.05, 3.63) is 0 Å². The fourth-order valence-electron chi connectivity index (χ4n) is 5.49. The van der Waals surface area contributed by atoms with E-state index in [0.717, 1.165) is 24.7 Å². The van der Waals surface area contributed by atoms with Gasteiger partial charge in [0.2, 0.25) is 0 Å². The molecular formula is C25H44O4. The summed E-state index contributed by atoms with van der Waals surface area (Å²) in [5.41, 5.74) is -0.658. The molecule has 0 atom stereocenters. The number of carbonyl (C=O) groups excluding carboxylic acids is 1. The molecule has 3 aliphatic rings. The van der Waals surface area contributed by atoms with E-state index in [9.17, 15) is 4.79 Å². The third-order valence-electron chi connectivity index (χ3n) is 7.63. The molecule has 0 unspecified atom stereocenters. The van der Waals surface area contributed by atoms with Crippen molar-refractivity contribution in [1.82, 2.24) is 0 Å². The second-order valence-corrected chi connectivity index (χ2v) is 10.3. The van der Waals surface area contributed by atoms with Crippen molar-refractivity contribution in [2.24, 2.45) is 23.2 Å². The molecule has 2 saturated carbocycles. The van der Waals surface area contributed by atoms with Gasteiger partial charge in [-0.25, -0.2) is 0 Å². The Morgan fingerprint density at radius 3 is 2.03 bits per heavy atom. The van der Waals surface area contributed by atoms with E-state index in [2.05, 4.69) is 13.8 Å². The van der Waals surface area contributed by atoms with Gasteiger partial charge in [0.1, 0.15) is 11.5 Å². The Kier molecular flexibility index (Phi) is 8.85. The predicted octanol–water partition coefficient (Wildman–Crippen LogP) is 6.26. The van der Waals surface area contributed by atoms with Crippen LogP contribution < -0.4 is 0 Å². The maximum absolute atomic E-state index is 12.9. The number of esters is 1. The first-order chi connectivity index (χ1) is 14.0. The fraction of sp³-hybridized carbons (Fsp3) is 0.960. The molecule has 2 aliphatic carbocycles. The van der Waals surface area contributed by atoms with E-state index in [-0.39, 0.29) is 18.4 Å². The molecule has 0 aromatic carbocycles. The lowest BCUT2D eigenvalue weighted by Gasteiger charge is -2.41. The standard InChI is InChI=1S/C25H44O4/c1-4-6-8-20-11-15-22(16-12-20)29-24(26)25(3)17-27-23(28-18-25)21-13-9-19(7-5-2)10-14-21/h19-23H,4-18H2,1-3H3/t19-,20-,21-,22-,23?,25?. The van der Waals surface area contributed by atoms with E-state index in [0.29, 0.717) is 19.1 Å². The van der Waals surface area contributed by atoms with Crippen molar-refractivity contribution >= 4 is 5.97 Å². The topological polar surface area (TPSA) is 44.8 Å². The molecule has 168 valence electrons. The van der Waals surface area contributed by atoms with Gasteiger partial charge in [0.25, 0.3) is 0 Å². The zero-order valence-corrected chi connectivity index (χ0v) is 19.1. The molecule has 3 rings (SSSR count). The van der Waals surface area contributed by atoms with Crippen LogP contribution in [0.1, 0.15) is 104 Å². The van der Waals surface area contributed by atoms with Crippen LogP contribution in [-0.4, -0.2) is 31.6 Å². The summed E-state index contributed by atoms with van der Waals surface area (Å²) in [4.78, 5) is 12.9. The Morgan fingerprint density at radius 1 is 0.862 bits per heavy atom. The molecule has 1 heterocycles. The smallest absolute Gasteiger partial charge is 0.316 e. The highest BCUT2D eigenvalue weighted by Gasteiger charge is 2.44. The quantitative estimate of drug-likeness (QED) is 0.444. The second kappa shape index (κ2) is 11.1. The van der Waals surface area contributed by atoms with E-state index in [4.69, 9.17) is 14.2 Å². The van der Waals surface area contributed by atoms with Gasteiger partial charge in [-0.1, -0.05) is 46.0 Å². The van der Waals surface area contributed by atoms with Crippen molar-refractivity contribution in [3.8, 4) is 0 Å². The first-order valence-corrected chi connectivity index (χ1v) is 12.5. The molecule has 0 N–H and O–H groups in total. The summed E-state index contributed by atoms with van der Waals surface area (Å²) >= 11 is 0. The van der Waals surface area contributed by atoms with Crippen LogP contribution in [0.3, 0.4) is 0 Å². The summed E-state index contributed by atoms with van der Waals surface area (Å²) in [6, 6.07) is 0. The number of hydrogen-bond acceptors (Lipinski definition) is 4. The summed E-state index contributed by atoms with van der Waals surface area (Å²) in [5, 5.41) is 0. The van der Waals surface area contributed by atoms with Crippen LogP contribution in [0.25, 0.3) is 0 Å². The number of carbonyl (C=O) groups is 1.